The molecule has 1 unspecified atom stereocenters. The second-order valence-corrected chi connectivity index (χ2v) is 5.90. The van der Waals surface area contributed by atoms with Gasteiger partial charge in [-0.25, -0.2) is 9.97 Å². The van der Waals surface area contributed by atoms with Gasteiger partial charge in [-0.2, -0.15) is 18.2 Å². The van der Waals surface area contributed by atoms with Crippen molar-refractivity contribution in [1.29, 1.82) is 0 Å². The number of hydrogen-bond donors (Lipinski definition) is 0. The summed E-state index contributed by atoms with van der Waals surface area (Å²) in [6.07, 6.45) is 1.28. The van der Waals surface area contributed by atoms with Gasteiger partial charge < -0.3 is 9.30 Å². The minimum Gasteiger partial charge on any atom is -0.479 e. The Morgan fingerprint density at radius 3 is 2.71 bits per heavy atom. The summed E-state index contributed by atoms with van der Waals surface area (Å²) in [5.41, 5.74) is -3.47. The Labute approximate surface area is 127 Å². The number of nitrogens with zero attached hydrogens (tertiary/aromatic N) is 4. The molecule has 1 atom stereocenters. The van der Waals surface area contributed by atoms with Gasteiger partial charge in [0.25, 0.3) is 0 Å². The zero-order valence-electron chi connectivity index (χ0n) is 11.2. The Balaban J connectivity index is 2.38. The molecule has 2 aromatic rings. The molecule has 0 aliphatic rings. The van der Waals surface area contributed by atoms with Gasteiger partial charge in [-0.1, -0.05) is 0 Å². The smallest absolute Gasteiger partial charge is 0.441 e. The SMILES string of the molecule is COc1ncnc2c1nc(C(C)Cl)n2CCSC(F)(F)F. The third kappa shape index (κ3) is 3.70. The van der Waals surface area contributed by atoms with E-state index in [1.54, 1.807) is 11.5 Å². The van der Waals surface area contributed by atoms with E-state index in [4.69, 9.17) is 16.3 Å². The molecule has 0 aliphatic carbocycles. The Kier molecular flexibility index (Phi) is 4.82. The number of imidazole rings is 1. The average Bonchev–Trinajstić information content (AvgIpc) is 2.76. The lowest BCUT2D eigenvalue weighted by Gasteiger charge is -2.10. The summed E-state index contributed by atoms with van der Waals surface area (Å²) in [7, 11) is 1.43. The normalized spacial score (nSPS) is 13.6. The van der Waals surface area contributed by atoms with Crippen LogP contribution < -0.4 is 4.74 Å². The predicted octanol–water partition coefficient (Wildman–Crippen LogP) is 3.39. The van der Waals surface area contributed by atoms with Crippen LogP contribution in [0, 0.1) is 0 Å². The van der Waals surface area contributed by atoms with Gasteiger partial charge >= 0.3 is 5.51 Å². The fourth-order valence-electron chi connectivity index (χ4n) is 1.86. The van der Waals surface area contributed by atoms with E-state index in [-0.39, 0.29) is 29.9 Å². The van der Waals surface area contributed by atoms with Gasteiger partial charge in [0.2, 0.25) is 5.88 Å². The summed E-state index contributed by atoms with van der Waals surface area (Å²) in [5, 5.41) is -0.472. The first-order valence-electron chi connectivity index (χ1n) is 5.93. The second kappa shape index (κ2) is 6.27. The number of hydrogen-bond acceptors (Lipinski definition) is 5. The zero-order valence-corrected chi connectivity index (χ0v) is 12.8. The molecule has 0 bridgehead atoms. The summed E-state index contributed by atoms with van der Waals surface area (Å²) >= 11 is 5.95. The topological polar surface area (TPSA) is 52.8 Å². The summed E-state index contributed by atoms with van der Waals surface area (Å²) in [4.78, 5) is 12.3. The van der Waals surface area contributed by atoms with Crippen LogP contribution in [0.25, 0.3) is 11.2 Å². The first kappa shape index (κ1) is 16.2. The van der Waals surface area contributed by atoms with E-state index in [1.165, 1.54) is 13.4 Å². The van der Waals surface area contributed by atoms with Crippen LogP contribution in [0.15, 0.2) is 6.33 Å². The molecule has 21 heavy (non-hydrogen) atoms. The lowest BCUT2D eigenvalue weighted by Crippen LogP contribution is -2.10. The van der Waals surface area contributed by atoms with Crippen LogP contribution in [0.3, 0.4) is 0 Å². The molecule has 0 aromatic carbocycles. The van der Waals surface area contributed by atoms with Crippen LogP contribution in [-0.2, 0) is 6.54 Å². The Morgan fingerprint density at radius 1 is 1.43 bits per heavy atom. The van der Waals surface area contributed by atoms with E-state index >= 15 is 0 Å². The highest BCUT2D eigenvalue weighted by molar-refractivity contribution is 8.00. The van der Waals surface area contributed by atoms with Crippen LogP contribution in [0.2, 0.25) is 0 Å². The molecule has 0 saturated heterocycles. The summed E-state index contributed by atoms with van der Waals surface area (Å²) in [6, 6.07) is 0. The van der Waals surface area contributed by atoms with Gasteiger partial charge in [-0.3, -0.25) is 0 Å². The molecular weight excluding hydrogens is 329 g/mol. The molecule has 0 spiro atoms. The van der Waals surface area contributed by atoms with Crippen LogP contribution in [0.4, 0.5) is 13.2 Å². The highest BCUT2D eigenvalue weighted by atomic mass is 35.5. The summed E-state index contributed by atoms with van der Waals surface area (Å²) in [5.74, 6) is 0.548. The quantitative estimate of drug-likeness (QED) is 0.781. The molecule has 0 fully saturated rings. The van der Waals surface area contributed by atoms with E-state index in [0.717, 1.165) is 0 Å². The third-order valence-electron chi connectivity index (χ3n) is 2.66. The summed E-state index contributed by atoms with van der Waals surface area (Å²) < 4.78 is 43.4. The lowest BCUT2D eigenvalue weighted by atomic mass is 10.4. The maximum atomic E-state index is 12.2. The molecule has 5 nitrogen and oxygen atoms in total. The molecule has 0 saturated carbocycles. The number of ether oxygens (including phenoxy) is 1. The fraction of sp³-hybridized carbons (Fsp3) is 0.545. The number of halogens is 4. The number of methoxy groups -OCH3 is 1. The van der Waals surface area contributed by atoms with Gasteiger partial charge in [-0.15, -0.1) is 11.6 Å². The number of thioether (sulfide) groups is 1. The predicted molar refractivity (Wildman–Crippen MR) is 74.7 cm³/mol. The van der Waals surface area contributed by atoms with Crippen molar-refractivity contribution in [2.24, 2.45) is 0 Å². The molecule has 2 rings (SSSR count). The average molecular weight is 341 g/mol. The maximum Gasteiger partial charge on any atom is 0.441 e. The number of rotatable bonds is 5. The first-order valence-corrected chi connectivity index (χ1v) is 7.35. The number of fused-ring (bicyclic) bond motifs is 1. The van der Waals surface area contributed by atoms with Gasteiger partial charge in [-0.05, 0) is 18.7 Å². The Morgan fingerprint density at radius 2 is 2.14 bits per heavy atom. The lowest BCUT2D eigenvalue weighted by molar-refractivity contribution is -0.0328. The Bertz CT molecular complexity index is 632. The van der Waals surface area contributed by atoms with Crippen molar-refractivity contribution >= 4 is 34.5 Å². The van der Waals surface area contributed by atoms with Crippen molar-refractivity contribution in [3.63, 3.8) is 0 Å². The van der Waals surface area contributed by atoms with Crippen molar-refractivity contribution in [2.45, 2.75) is 24.4 Å². The Hall–Kier alpha value is -1.22. The molecule has 2 heterocycles. The van der Waals surface area contributed by atoms with Crippen molar-refractivity contribution < 1.29 is 17.9 Å². The van der Waals surface area contributed by atoms with E-state index in [1.807, 2.05) is 0 Å². The summed E-state index contributed by atoms with van der Waals surface area (Å²) in [6.45, 7) is 1.78. The number of alkyl halides is 4. The van der Waals surface area contributed by atoms with Gasteiger partial charge in [0.05, 0.1) is 12.5 Å². The van der Waals surface area contributed by atoms with Crippen molar-refractivity contribution in [3.05, 3.63) is 12.2 Å². The molecule has 0 N–H and O–H groups in total. The van der Waals surface area contributed by atoms with E-state index < -0.39 is 10.9 Å². The zero-order chi connectivity index (χ0) is 15.6. The van der Waals surface area contributed by atoms with Gasteiger partial charge in [0, 0.05) is 12.3 Å². The van der Waals surface area contributed by atoms with Crippen LogP contribution in [0.1, 0.15) is 18.1 Å². The van der Waals surface area contributed by atoms with Crippen LogP contribution in [0.5, 0.6) is 5.88 Å². The van der Waals surface area contributed by atoms with Crippen molar-refractivity contribution in [1.82, 2.24) is 19.5 Å². The van der Waals surface area contributed by atoms with Gasteiger partial charge in [0.15, 0.2) is 11.2 Å². The van der Waals surface area contributed by atoms with Crippen LogP contribution >= 0.6 is 23.4 Å². The minimum atomic E-state index is -4.27. The van der Waals surface area contributed by atoms with E-state index in [9.17, 15) is 13.2 Å². The molecule has 0 amide bonds. The highest BCUT2D eigenvalue weighted by Gasteiger charge is 2.28. The molecule has 116 valence electrons. The third-order valence-corrected chi connectivity index (χ3v) is 3.57. The largest absolute Gasteiger partial charge is 0.479 e. The fourth-order valence-corrected chi connectivity index (χ4v) is 2.53. The maximum absolute atomic E-state index is 12.2. The van der Waals surface area contributed by atoms with Crippen molar-refractivity contribution in [2.75, 3.05) is 12.9 Å². The minimum absolute atomic E-state index is 0.0905. The number of aryl methyl sites for hydroxylation is 1. The monoisotopic (exact) mass is 340 g/mol. The van der Waals surface area contributed by atoms with Gasteiger partial charge in [0.1, 0.15) is 12.2 Å². The van der Waals surface area contributed by atoms with E-state index in [0.29, 0.717) is 17.0 Å². The molecule has 0 aliphatic heterocycles. The van der Waals surface area contributed by atoms with Crippen molar-refractivity contribution in [3.8, 4) is 5.88 Å². The second-order valence-electron chi connectivity index (χ2n) is 4.09. The standard InChI is InChI=1S/C11H12ClF3N4OS/c1-6(12)8-18-7-9(16-5-17-10(7)20-2)19(8)3-4-21-11(13,14)15/h5-6H,3-4H2,1-2H3. The van der Waals surface area contributed by atoms with Crippen LogP contribution in [-0.4, -0.2) is 37.9 Å². The molecule has 10 heteroatoms. The molecular formula is C11H12ClF3N4OS. The van der Waals surface area contributed by atoms with E-state index in [2.05, 4.69) is 15.0 Å². The molecule has 0 radical (unpaired) electrons. The number of aromatic nitrogens is 4. The highest BCUT2D eigenvalue weighted by Crippen LogP contribution is 2.32. The first-order chi connectivity index (χ1) is 9.83. The molecule has 2 aromatic heterocycles.